The molecule has 0 atom stereocenters. The molecule has 0 saturated heterocycles. The van der Waals surface area contributed by atoms with E-state index >= 15 is 0 Å². The fourth-order valence-electron chi connectivity index (χ4n) is 1.28. The van der Waals surface area contributed by atoms with Crippen molar-refractivity contribution in [2.24, 2.45) is 7.05 Å². The number of rotatable bonds is 1. The summed E-state index contributed by atoms with van der Waals surface area (Å²) >= 11 is 5.87. The molecule has 0 spiro atoms. The van der Waals surface area contributed by atoms with Crippen molar-refractivity contribution in [1.29, 1.82) is 0 Å². The highest BCUT2D eigenvalue weighted by molar-refractivity contribution is 6.32. The van der Waals surface area contributed by atoms with E-state index in [0.29, 0.717) is 11.1 Å². The van der Waals surface area contributed by atoms with Gasteiger partial charge in [0, 0.05) is 30.9 Å². The summed E-state index contributed by atoms with van der Waals surface area (Å²) in [5, 5.41) is 3.95. The molecule has 0 unspecified atom stereocenters. The summed E-state index contributed by atoms with van der Waals surface area (Å²) < 4.78 is 14.0. The van der Waals surface area contributed by atoms with Crippen LogP contribution in [0.25, 0.3) is 11.1 Å². The van der Waals surface area contributed by atoms with Crippen molar-refractivity contribution in [2.75, 3.05) is 0 Å². The van der Waals surface area contributed by atoms with Gasteiger partial charge >= 0.3 is 0 Å². The Morgan fingerprint density at radius 3 is 2.88 bits per heavy atom. The van der Waals surface area contributed by atoms with E-state index in [-0.39, 0.29) is 10.7 Å². The van der Waals surface area contributed by atoms with Gasteiger partial charge in [-0.05, 0) is 11.6 Å². The first kappa shape index (κ1) is 10.8. The first-order chi connectivity index (χ1) is 7.58. The molecule has 0 fully saturated rings. The first-order valence-electron chi connectivity index (χ1n) is 4.44. The van der Waals surface area contributed by atoms with Gasteiger partial charge in [0.2, 0.25) is 5.95 Å². The molecule has 0 aromatic carbocycles. The van der Waals surface area contributed by atoms with Crippen LogP contribution in [0.2, 0.25) is 5.15 Å². The average molecular weight is 240 g/mol. The first-order valence-corrected chi connectivity index (χ1v) is 4.81. The summed E-state index contributed by atoms with van der Waals surface area (Å²) in [6, 6.07) is 4.07. The Morgan fingerprint density at radius 2 is 2.19 bits per heavy atom. The molecule has 16 heavy (non-hydrogen) atoms. The van der Waals surface area contributed by atoms with Crippen LogP contribution in [0.1, 0.15) is 0 Å². The lowest BCUT2D eigenvalue weighted by atomic mass is 10.1. The molecule has 0 saturated carbocycles. The van der Waals surface area contributed by atoms with Crippen LogP contribution < -0.4 is 5.56 Å². The maximum atomic E-state index is 12.9. The molecule has 2 rings (SSSR count). The monoisotopic (exact) mass is 239 g/mol. The SMILES string of the molecule is Cn1nc(Cl)c(-c2ccnc(F)c2)cc1=O. The summed E-state index contributed by atoms with van der Waals surface area (Å²) in [6.45, 7) is 0. The van der Waals surface area contributed by atoms with E-state index < -0.39 is 5.95 Å². The molecule has 0 aliphatic rings. The van der Waals surface area contributed by atoms with Crippen LogP contribution in [0.4, 0.5) is 4.39 Å². The zero-order valence-corrected chi connectivity index (χ0v) is 9.07. The van der Waals surface area contributed by atoms with Gasteiger partial charge in [0.1, 0.15) is 0 Å². The quantitative estimate of drug-likeness (QED) is 0.711. The summed E-state index contributed by atoms with van der Waals surface area (Å²) in [5.74, 6) is -0.630. The fourth-order valence-corrected chi connectivity index (χ4v) is 1.56. The van der Waals surface area contributed by atoms with Gasteiger partial charge in [0.15, 0.2) is 5.15 Å². The molecule has 0 aliphatic carbocycles. The Bertz CT molecular complexity index is 597. The predicted octanol–water partition coefficient (Wildman–Crippen LogP) is 1.63. The molecular weight excluding hydrogens is 233 g/mol. The minimum atomic E-state index is -0.630. The zero-order chi connectivity index (χ0) is 11.7. The maximum absolute atomic E-state index is 12.9. The lowest BCUT2D eigenvalue weighted by Crippen LogP contribution is -2.18. The van der Waals surface area contributed by atoms with Gasteiger partial charge in [-0.2, -0.15) is 9.49 Å². The highest BCUT2D eigenvalue weighted by atomic mass is 35.5. The number of hydrogen-bond donors (Lipinski definition) is 0. The fraction of sp³-hybridized carbons (Fsp3) is 0.100. The van der Waals surface area contributed by atoms with Crippen LogP contribution in [0.3, 0.4) is 0 Å². The van der Waals surface area contributed by atoms with E-state index in [2.05, 4.69) is 10.1 Å². The molecule has 4 nitrogen and oxygen atoms in total. The Labute approximate surface area is 95.3 Å². The van der Waals surface area contributed by atoms with Crippen LogP contribution in [-0.4, -0.2) is 14.8 Å². The molecule has 2 aromatic rings. The zero-order valence-electron chi connectivity index (χ0n) is 8.32. The van der Waals surface area contributed by atoms with Crippen LogP contribution in [0.15, 0.2) is 29.2 Å². The highest BCUT2D eigenvalue weighted by Gasteiger charge is 2.08. The average Bonchev–Trinajstić information content (AvgIpc) is 2.23. The molecule has 0 radical (unpaired) electrons. The second-order valence-corrected chi connectivity index (χ2v) is 3.54. The summed E-state index contributed by atoms with van der Waals surface area (Å²) in [6.07, 6.45) is 1.30. The summed E-state index contributed by atoms with van der Waals surface area (Å²) in [5.41, 5.74) is 0.561. The number of halogens is 2. The highest BCUT2D eigenvalue weighted by Crippen LogP contribution is 2.23. The van der Waals surface area contributed by atoms with Crippen LogP contribution in [0.5, 0.6) is 0 Å². The molecular formula is C10H7ClFN3O. The maximum Gasteiger partial charge on any atom is 0.267 e. The lowest BCUT2D eigenvalue weighted by Gasteiger charge is -2.04. The van der Waals surface area contributed by atoms with E-state index in [1.54, 1.807) is 6.07 Å². The number of aromatic nitrogens is 3. The minimum absolute atomic E-state index is 0.146. The number of pyridine rings is 1. The Kier molecular flexibility index (Phi) is 2.70. The van der Waals surface area contributed by atoms with Gasteiger partial charge in [-0.1, -0.05) is 11.6 Å². The Hall–Kier alpha value is -1.75. The second kappa shape index (κ2) is 4.02. The number of aryl methyl sites for hydroxylation is 1. The number of nitrogens with zero attached hydrogens (tertiary/aromatic N) is 3. The smallest absolute Gasteiger partial charge is 0.267 e. The van der Waals surface area contributed by atoms with Gasteiger partial charge in [-0.25, -0.2) is 9.67 Å². The van der Waals surface area contributed by atoms with E-state index in [0.717, 1.165) is 4.68 Å². The third-order valence-corrected chi connectivity index (χ3v) is 2.36. The number of hydrogen-bond acceptors (Lipinski definition) is 3. The van der Waals surface area contributed by atoms with Crippen molar-refractivity contribution in [2.45, 2.75) is 0 Å². The molecule has 0 aliphatic heterocycles. The van der Waals surface area contributed by atoms with Gasteiger partial charge in [0.25, 0.3) is 5.56 Å². The van der Waals surface area contributed by atoms with E-state index in [1.807, 2.05) is 0 Å². The topological polar surface area (TPSA) is 47.8 Å². The third-order valence-electron chi connectivity index (χ3n) is 2.08. The largest absolute Gasteiger partial charge is 0.268 e. The lowest BCUT2D eigenvalue weighted by molar-refractivity contribution is 0.584. The molecule has 82 valence electrons. The van der Waals surface area contributed by atoms with E-state index in [9.17, 15) is 9.18 Å². The van der Waals surface area contributed by atoms with E-state index in [1.165, 1.54) is 25.4 Å². The summed E-state index contributed by atoms with van der Waals surface area (Å²) in [4.78, 5) is 14.8. The van der Waals surface area contributed by atoms with Crippen molar-refractivity contribution >= 4 is 11.6 Å². The van der Waals surface area contributed by atoms with Crippen LogP contribution in [0, 0.1) is 5.95 Å². The second-order valence-electron chi connectivity index (χ2n) is 3.18. The molecule has 2 aromatic heterocycles. The van der Waals surface area contributed by atoms with E-state index in [4.69, 9.17) is 11.6 Å². The van der Waals surface area contributed by atoms with Crippen molar-refractivity contribution in [3.63, 3.8) is 0 Å². The minimum Gasteiger partial charge on any atom is -0.268 e. The molecule has 6 heteroatoms. The van der Waals surface area contributed by atoms with Crippen molar-refractivity contribution < 1.29 is 4.39 Å². The van der Waals surface area contributed by atoms with Crippen molar-refractivity contribution in [3.05, 3.63) is 45.9 Å². The molecule has 0 amide bonds. The summed E-state index contributed by atoms with van der Waals surface area (Å²) in [7, 11) is 1.49. The Balaban J connectivity index is 2.65. The van der Waals surface area contributed by atoms with Gasteiger partial charge in [0.05, 0.1) is 0 Å². The van der Waals surface area contributed by atoms with Crippen molar-refractivity contribution in [1.82, 2.24) is 14.8 Å². The van der Waals surface area contributed by atoms with Crippen LogP contribution in [-0.2, 0) is 7.05 Å². The van der Waals surface area contributed by atoms with Crippen LogP contribution >= 0.6 is 11.6 Å². The molecule has 2 heterocycles. The van der Waals surface area contributed by atoms with Gasteiger partial charge in [-0.15, -0.1) is 0 Å². The van der Waals surface area contributed by atoms with Gasteiger partial charge in [-0.3, -0.25) is 4.79 Å². The third kappa shape index (κ3) is 1.94. The van der Waals surface area contributed by atoms with Crippen molar-refractivity contribution in [3.8, 4) is 11.1 Å². The molecule has 0 bridgehead atoms. The Morgan fingerprint density at radius 1 is 1.44 bits per heavy atom. The standard InChI is InChI=1S/C10H7ClFN3O/c1-15-9(16)5-7(10(11)14-15)6-2-3-13-8(12)4-6/h2-5H,1H3. The normalized spacial score (nSPS) is 10.4. The van der Waals surface area contributed by atoms with Gasteiger partial charge < -0.3 is 0 Å². The predicted molar refractivity (Wildman–Crippen MR) is 57.7 cm³/mol. The molecule has 0 N–H and O–H groups in total.